The molecule has 1 unspecified atom stereocenters. The lowest BCUT2D eigenvalue weighted by atomic mass is 9.85. The summed E-state index contributed by atoms with van der Waals surface area (Å²) in [5.74, 6) is 0.250. The van der Waals surface area contributed by atoms with Gasteiger partial charge in [0.25, 0.3) is 0 Å². The fourth-order valence-corrected chi connectivity index (χ4v) is 1.34. The largest absolute Gasteiger partial charge is 0.467 e. The molecule has 1 amide bonds. The number of nitrogens with one attached hydrogen (secondary N) is 1. The first kappa shape index (κ1) is 13.1. The molecule has 6 heteroatoms. The second kappa shape index (κ2) is 5.38. The standard InChI is InChI=1S/C11H17N3O3/c1-3-11(2,9(12)14-16)10(15)13-7-8-5-4-6-17-8/h4-6,16H,3,7H2,1-2H3,(H2,12,14)(H,13,15). The Kier molecular flexibility index (Phi) is 4.14. The molecular formula is C11H17N3O3. The summed E-state index contributed by atoms with van der Waals surface area (Å²) in [6.45, 7) is 3.70. The molecule has 0 bridgehead atoms. The van der Waals surface area contributed by atoms with Gasteiger partial charge >= 0.3 is 0 Å². The average Bonchev–Trinajstić information content (AvgIpc) is 2.86. The number of nitrogens with two attached hydrogens (primary N) is 1. The molecule has 0 aliphatic carbocycles. The third-order valence-electron chi connectivity index (χ3n) is 2.88. The Balaban J connectivity index is 2.67. The molecular weight excluding hydrogens is 222 g/mol. The molecule has 1 atom stereocenters. The van der Waals surface area contributed by atoms with Crippen LogP contribution in [0.15, 0.2) is 28.0 Å². The summed E-state index contributed by atoms with van der Waals surface area (Å²) in [5.41, 5.74) is 4.52. The molecule has 0 aliphatic heterocycles. The highest BCUT2D eigenvalue weighted by Crippen LogP contribution is 2.21. The number of carbonyl (C=O) groups excluding carboxylic acids is 1. The molecule has 94 valence electrons. The number of hydrogen-bond donors (Lipinski definition) is 3. The number of hydrogen-bond acceptors (Lipinski definition) is 4. The first-order valence-electron chi connectivity index (χ1n) is 5.33. The van der Waals surface area contributed by atoms with Crippen molar-refractivity contribution in [3.8, 4) is 0 Å². The summed E-state index contributed by atoms with van der Waals surface area (Å²) in [7, 11) is 0. The van der Waals surface area contributed by atoms with Crippen LogP contribution in [0.25, 0.3) is 0 Å². The number of rotatable bonds is 5. The summed E-state index contributed by atoms with van der Waals surface area (Å²) < 4.78 is 5.09. The first-order valence-corrected chi connectivity index (χ1v) is 5.33. The van der Waals surface area contributed by atoms with Gasteiger partial charge in [0.05, 0.1) is 12.8 Å². The summed E-state index contributed by atoms with van der Waals surface area (Å²) in [4.78, 5) is 12.0. The Labute approximate surface area is 99.5 Å². The Morgan fingerprint density at radius 2 is 2.41 bits per heavy atom. The van der Waals surface area contributed by atoms with E-state index in [0.717, 1.165) is 0 Å². The van der Waals surface area contributed by atoms with Crippen molar-refractivity contribution >= 4 is 11.7 Å². The number of amidine groups is 1. The van der Waals surface area contributed by atoms with Crippen LogP contribution in [0, 0.1) is 5.41 Å². The molecule has 0 fully saturated rings. The number of amides is 1. The monoisotopic (exact) mass is 239 g/mol. The molecule has 0 aromatic carbocycles. The van der Waals surface area contributed by atoms with E-state index < -0.39 is 5.41 Å². The van der Waals surface area contributed by atoms with E-state index in [0.29, 0.717) is 12.2 Å². The van der Waals surface area contributed by atoms with Crippen molar-refractivity contribution in [1.29, 1.82) is 0 Å². The van der Waals surface area contributed by atoms with Crippen molar-refractivity contribution in [1.82, 2.24) is 5.32 Å². The lowest BCUT2D eigenvalue weighted by Crippen LogP contribution is -2.47. The van der Waals surface area contributed by atoms with Crippen molar-refractivity contribution in [3.05, 3.63) is 24.2 Å². The predicted molar refractivity (Wildman–Crippen MR) is 62.4 cm³/mol. The SMILES string of the molecule is CCC(C)(C(=O)NCc1ccco1)/C(N)=N/O. The van der Waals surface area contributed by atoms with E-state index in [-0.39, 0.29) is 18.3 Å². The summed E-state index contributed by atoms with van der Waals surface area (Å²) >= 11 is 0. The zero-order chi connectivity index (χ0) is 12.9. The third-order valence-corrected chi connectivity index (χ3v) is 2.88. The maximum atomic E-state index is 12.0. The van der Waals surface area contributed by atoms with Gasteiger partial charge in [0, 0.05) is 0 Å². The van der Waals surface area contributed by atoms with Crippen molar-refractivity contribution in [2.24, 2.45) is 16.3 Å². The molecule has 0 aliphatic rings. The second-order valence-electron chi connectivity index (χ2n) is 3.93. The zero-order valence-electron chi connectivity index (χ0n) is 9.93. The molecule has 1 aromatic rings. The van der Waals surface area contributed by atoms with Crippen LogP contribution in [-0.2, 0) is 11.3 Å². The van der Waals surface area contributed by atoms with Crippen molar-refractivity contribution < 1.29 is 14.4 Å². The fraction of sp³-hybridized carbons (Fsp3) is 0.455. The summed E-state index contributed by atoms with van der Waals surface area (Å²) in [6, 6.07) is 3.50. The van der Waals surface area contributed by atoms with Gasteiger partial charge in [-0.15, -0.1) is 0 Å². The first-order chi connectivity index (χ1) is 8.04. The highest BCUT2D eigenvalue weighted by atomic mass is 16.4. The average molecular weight is 239 g/mol. The Morgan fingerprint density at radius 1 is 1.71 bits per heavy atom. The molecule has 6 nitrogen and oxygen atoms in total. The predicted octanol–water partition coefficient (Wildman–Crippen LogP) is 1.06. The Morgan fingerprint density at radius 3 is 2.88 bits per heavy atom. The lowest BCUT2D eigenvalue weighted by molar-refractivity contribution is -0.127. The highest BCUT2D eigenvalue weighted by Gasteiger charge is 2.36. The van der Waals surface area contributed by atoms with Crippen LogP contribution in [-0.4, -0.2) is 17.0 Å². The van der Waals surface area contributed by atoms with Crippen LogP contribution in [0.1, 0.15) is 26.0 Å². The van der Waals surface area contributed by atoms with Gasteiger partial charge in [-0.2, -0.15) is 0 Å². The minimum absolute atomic E-state index is 0.100. The van der Waals surface area contributed by atoms with Crippen LogP contribution in [0.4, 0.5) is 0 Å². The van der Waals surface area contributed by atoms with Crippen LogP contribution in [0.3, 0.4) is 0 Å². The Hall–Kier alpha value is -1.98. The van der Waals surface area contributed by atoms with E-state index in [9.17, 15) is 4.79 Å². The van der Waals surface area contributed by atoms with Crippen LogP contribution < -0.4 is 11.1 Å². The minimum Gasteiger partial charge on any atom is -0.467 e. The molecule has 0 saturated heterocycles. The van der Waals surface area contributed by atoms with Crippen LogP contribution >= 0.6 is 0 Å². The maximum Gasteiger partial charge on any atom is 0.234 e. The van der Waals surface area contributed by atoms with E-state index in [1.165, 1.54) is 6.26 Å². The number of nitrogens with zero attached hydrogens (tertiary/aromatic N) is 1. The minimum atomic E-state index is -1.01. The Bertz CT molecular complexity index is 400. The van der Waals surface area contributed by atoms with Gasteiger partial charge in [-0.25, -0.2) is 0 Å². The van der Waals surface area contributed by atoms with Crippen molar-refractivity contribution in [2.75, 3.05) is 0 Å². The van der Waals surface area contributed by atoms with Crippen LogP contribution in [0.2, 0.25) is 0 Å². The molecule has 0 spiro atoms. The lowest BCUT2D eigenvalue weighted by Gasteiger charge is -2.24. The molecule has 1 aromatic heterocycles. The second-order valence-corrected chi connectivity index (χ2v) is 3.93. The summed E-state index contributed by atoms with van der Waals surface area (Å²) in [6.07, 6.45) is 1.97. The van der Waals surface area contributed by atoms with Gasteiger partial charge in [-0.05, 0) is 25.5 Å². The topological polar surface area (TPSA) is 101 Å². The normalized spacial score (nSPS) is 15.3. The highest BCUT2D eigenvalue weighted by molar-refractivity contribution is 6.06. The van der Waals surface area contributed by atoms with E-state index in [2.05, 4.69) is 10.5 Å². The smallest absolute Gasteiger partial charge is 0.234 e. The van der Waals surface area contributed by atoms with Gasteiger partial charge in [0.2, 0.25) is 5.91 Å². The van der Waals surface area contributed by atoms with Crippen LogP contribution in [0.5, 0.6) is 0 Å². The maximum absolute atomic E-state index is 12.0. The fourth-order valence-electron chi connectivity index (χ4n) is 1.34. The molecule has 4 N–H and O–H groups in total. The van der Waals surface area contributed by atoms with Gasteiger partial charge in [-0.3, -0.25) is 4.79 Å². The van der Waals surface area contributed by atoms with Gasteiger partial charge < -0.3 is 20.7 Å². The van der Waals surface area contributed by atoms with Gasteiger partial charge in [0.15, 0.2) is 5.84 Å². The van der Waals surface area contributed by atoms with E-state index in [4.69, 9.17) is 15.4 Å². The molecule has 1 rings (SSSR count). The van der Waals surface area contributed by atoms with E-state index in [1.807, 2.05) is 0 Å². The number of oxime groups is 1. The third kappa shape index (κ3) is 2.77. The van der Waals surface area contributed by atoms with Gasteiger partial charge in [-0.1, -0.05) is 12.1 Å². The molecule has 1 heterocycles. The summed E-state index contributed by atoms with van der Waals surface area (Å²) in [5, 5.41) is 14.3. The number of furan rings is 1. The van der Waals surface area contributed by atoms with Crippen molar-refractivity contribution in [2.45, 2.75) is 26.8 Å². The van der Waals surface area contributed by atoms with E-state index >= 15 is 0 Å². The molecule has 0 radical (unpaired) electrons. The van der Waals surface area contributed by atoms with Crippen molar-refractivity contribution in [3.63, 3.8) is 0 Å². The van der Waals surface area contributed by atoms with Gasteiger partial charge in [0.1, 0.15) is 11.2 Å². The molecule has 0 saturated carbocycles. The number of carbonyl (C=O) groups is 1. The quantitative estimate of drug-likeness (QED) is 0.309. The zero-order valence-corrected chi connectivity index (χ0v) is 9.93. The van der Waals surface area contributed by atoms with E-state index in [1.54, 1.807) is 26.0 Å². The molecule has 17 heavy (non-hydrogen) atoms.